The van der Waals surface area contributed by atoms with Gasteiger partial charge in [0.05, 0.1) is 0 Å². The lowest BCUT2D eigenvalue weighted by atomic mass is 10.1. The molecule has 33 heavy (non-hydrogen) atoms. The second-order valence-electron chi connectivity index (χ2n) is 7.47. The number of alkyl carbamates (subject to hydrolysis) is 1. The molecule has 7 nitrogen and oxygen atoms in total. The largest absolute Gasteiger partial charge is 0.454 e. The third-order valence-corrected chi connectivity index (χ3v) is 4.75. The van der Waals surface area contributed by atoms with Crippen molar-refractivity contribution in [2.24, 2.45) is 0 Å². The van der Waals surface area contributed by atoms with E-state index in [9.17, 15) is 14.4 Å². The van der Waals surface area contributed by atoms with E-state index in [0.717, 1.165) is 16.7 Å². The minimum Gasteiger partial charge on any atom is -0.454 e. The van der Waals surface area contributed by atoms with Crippen LogP contribution in [-0.2, 0) is 32.1 Å². The van der Waals surface area contributed by atoms with Crippen LogP contribution in [0.25, 0.3) is 0 Å². The second-order valence-corrected chi connectivity index (χ2v) is 7.47. The molecule has 0 bridgehead atoms. The molecule has 0 unspecified atom stereocenters. The van der Waals surface area contributed by atoms with Crippen molar-refractivity contribution in [3.8, 4) is 0 Å². The summed E-state index contributed by atoms with van der Waals surface area (Å²) in [4.78, 5) is 37.2. The molecule has 0 spiro atoms. The van der Waals surface area contributed by atoms with Crippen molar-refractivity contribution in [2.45, 2.75) is 26.0 Å². The van der Waals surface area contributed by atoms with Gasteiger partial charge < -0.3 is 20.1 Å². The minimum atomic E-state index is -1.01. The highest BCUT2D eigenvalue weighted by atomic mass is 16.6. The maximum absolute atomic E-state index is 12.7. The van der Waals surface area contributed by atoms with Gasteiger partial charge in [0.15, 0.2) is 6.61 Å². The Labute approximate surface area is 192 Å². The fourth-order valence-corrected chi connectivity index (χ4v) is 3.02. The zero-order valence-corrected chi connectivity index (χ0v) is 18.3. The summed E-state index contributed by atoms with van der Waals surface area (Å²) < 4.78 is 10.4. The number of aryl methyl sites for hydroxylation is 1. The Morgan fingerprint density at radius 1 is 0.788 bits per heavy atom. The van der Waals surface area contributed by atoms with Gasteiger partial charge in [0.25, 0.3) is 5.91 Å². The quantitative estimate of drug-likeness (QED) is 0.485. The number of carbonyl (C=O) groups is 3. The normalized spacial score (nSPS) is 11.2. The molecular formula is C26H26N2O5. The molecule has 0 aliphatic heterocycles. The van der Waals surface area contributed by atoms with Crippen molar-refractivity contribution >= 4 is 23.7 Å². The molecular weight excluding hydrogens is 420 g/mol. The Bertz CT molecular complexity index is 1050. The number of rotatable bonds is 9. The van der Waals surface area contributed by atoms with Crippen LogP contribution in [0.5, 0.6) is 0 Å². The van der Waals surface area contributed by atoms with E-state index in [0.29, 0.717) is 5.69 Å². The maximum atomic E-state index is 12.7. The maximum Gasteiger partial charge on any atom is 0.408 e. The molecule has 0 heterocycles. The van der Waals surface area contributed by atoms with Crippen LogP contribution in [0.1, 0.15) is 16.7 Å². The SMILES string of the molecule is Cc1ccc(NC(=O)COC(=O)[C@H](Cc2ccccc2)NC(=O)OCc2ccccc2)cc1. The monoisotopic (exact) mass is 446 g/mol. The van der Waals surface area contributed by atoms with Crippen LogP contribution in [0.3, 0.4) is 0 Å². The average Bonchev–Trinajstić information content (AvgIpc) is 2.83. The molecule has 2 amide bonds. The summed E-state index contributed by atoms with van der Waals surface area (Å²) >= 11 is 0. The van der Waals surface area contributed by atoms with Gasteiger partial charge in [0.2, 0.25) is 0 Å². The van der Waals surface area contributed by atoms with Crippen LogP contribution in [0.2, 0.25) is 0 Å². The van der Waals surface area contributed by atoms with Crippen molar-refractivity contribution in [1.82, 2.24) is 5.32 Å². The summed E-state index contributed by atoms with van der Waals surface area (Å²) in [7, 11) is 0. The fraction of sp³-hybridized carbons (Fsp3) is 0.192. The van der Waals surface area contributed by atoms with E-state index in [2.05, 4.69) is 10.6 Å². The van der Waals surface area contributed by atoms with E-state index in [1.165, 1.54) is 0 Å². The first kappa shape index (κ1) is 23.5. The third kappa shape index (κ3) is 8.14. The van der Waals surface area contributed by atoms with Crippen LogP contribution in [0, 0.1) is 6.92 Å². The number of esters is 1. The second kappa shape index (κ2) is 12.0. The van der Waals surface area contributed by atoms with Gasteiger partial charge in [-0.25, -0.2) is 9.59 Å². The summed E-state index contributed by atoms with van der Waals surface area (Å²) in [6, 6.07) is 24.6. The molecule has 1 atom stereocenters. The van der Waals surface area contributed by atoms with Crippen molar-refractivity contribution in [3.05, 3.63) is 102 Å². The van der Waals surface area contributed by atoms with E-state index in [4.69, 9.17) is 9.47 Å². The Kier molecular flexibility index (Phi) is 8.59. The van der Waals surface area contributed by atoms with Crippen LogP contribution < -0.4 is 10.6 Å². The van der Waals surface area contributed by atoms with Crippen molar-refractivity contribution in [2.75, 3.05) is 11.9 Å². The smallest absolute Gasteiger partial charge is 0.408 e. The van der Waals surface area contributed by atoms with Gasteiger partial charge in [-0.2, -0.15) is 0 Å². The predicted octanol–water partition coefficient (Wildman–Crippen LogP) is 4.01. The fourth-order valence-electron chi connectivity index (χ4n) is 3.02. The van der Waals surface area contributed by atoms with Crippen LogP contribution >= 0.6 is 0 Å². The molecule has 2 N–H and O–H groups in total. The average molecular weight is 447 g/mol. The molecule has 7 heteroatoms. The number of benzene rings is 3. The van der Waals surface area contributed by atoms with Crippen molar-refractivity contribution < 1.29 is 23.9 Å². The number of ether oxygens (including phenoxy) is 2. The van der Waals surface area contributed by atoms with Gasteiger partial charge >= 0.3 is 12.1 Å². The lowest BCUT2D eigenvalue weighted by molar-refractivity contribution is -0.149. The predicted molar refractivity (Wildman–Crippen MR) is 124 cm³/mol. The Balaban J connectivity index is 1.56. The number of hydrogen-bond donors (Lipinski definition) is 2. The van der Waals surface area contributed by atoms with E-state index < -0.39 is 30.6 Å². The van der Waals surface area contributed by atoms with Gasteiger partial charge in [-0.3, -0.25) is 4.79 Å². The van der Waals surface area contributed by atoms with E-state index in [-0.39, 0.29) is 13.0 Å². The van der Waals surface area contributed by atoms with E-state index in [1.807, 2.05) is 79.7 Å². The van der Waals surface area contributed by atoms with Crippen molar-refractivity contribution in [1.29, 1.82) is 0 Å². The molecule has 0 radical (unpaired) electrons. The van der Waals surface area contributed by atoms with Crippen molar-refractivity contribution in [3.63, 3.8) is 0 Å². The lowest BCUT2D eigenvalue weighted by Gasteiger charge is -2.18. The highest BCUT2D eigenvalue weighted by molar-refractivity contribution is 5.93. The Morgan fingerprint density at radius 3 is 2.03 bits per heavy atom. The molecule has 0 aliphatic carbocycles. The number of hydrogen-bond acceptors (Lipinski definition) is 5. The van der Waals surface area contributed by atoms with E-state index >= 15 is 0 Å². The van der Waals surface area contributed by atoms with Gasteiger partial charge in [0, 0.05) is 12.1 Å². The molecule has 170 valence electrons. The third-order valence-electron chi connectivity index (χ3n) is 4.75. The van der Waals surface area contributed by atoms with Crippen LogP contribution in [0.4, 0.5) is 10.5 Å². The zero-order chi connectivity index (χ0) is 23.5. The summed E-state index contributed by atoms with van der Waals surface area (Å²) in [6.07, 6.45) is -0.555. The zero-order valence-electron chi connectivity index (χ0n) is 18.3. The topological polar surface area (TPSA) is 93.7 Å². The first-order valence-electron chi connectivity index (χ1n) is 10.5. The molecule has 0 saturated carbocycles. The van der Waals surface area contributed by atoms with Gasteiger partial charge in [-0.15, -0.1) is 0 Å². The minimum absolute atomic E-state index is 0.0682. The number of carbonyl (C=O) groups excluding carboxylic acids is 3. The summed E-state index contributed by atoms with van der Waals surface area (Å²) in [6.45, 7) is 1.54. The standard InChI is InChI=1S/C26H26N2O5/c1-19-12-14-22(15-13-19)27-24(29)18-32-25(30)23(16-20-8-4-2-5-9-20)28-26(31)33-17-21-10-6-3-7-11-21/h2-15,23H,16-18H2,1H3,(H,27,29)(H,28,31)/t23-/m0/s1. The molecule has 3 aromatic rings. The summed E-state index contributed by atoms with van der Waals surface area (Å²) in [5.41, 5.74) is 3.31. The molecule has 3 rings (SSSR count). The lowest BCUT2D eigenvalue weighted by Crippen LogP contribution is -2.44. The number of nitrogens with one attached hydrogen (secondary N) is 2. The van der Waals surface area contributed by atoms with Gasteiger partial charge in [0.1, 0.15) is 12.6 Å². The Hall–Kier alpha value is -4.13. The first-order valence-corrected chi connectivity index (χ1v) is 10.5. The molecule has 0 aliphatic rings. The first-order chi connectivity index (χ1) is 16.0. The number of anilines is 1. The Morgan fingerprint density at radius 2 is 1.39 bits per heavy atom. The molecule has 0 fully saturated rings. The van der Waals surface area contributed by atoms with Crippen LogP contribution in [-0.4, -0.2) is 30.6 Å². The van der Waals surface area contributed by atoms with E-state index in [1.54, 1.807) is 12.1 Å². The highest BCUT2D eigenvalue weighted by Crippen LogP contribution is 2.09. The van der Waals surface area contributed by atoms with Gasteiger partial charge in [-0.05, 0) is 30.2 Å². The summed E-state index contributed by atoms with van der Waals surface area (Å²) in [5.74, 6) is -1.20. The molecule has 0 saturated heterocycles. The molecule has 3 aromatic carbocycles. The summed E-state index contributed by atoms with van der Waals surface area (Å²) in [5, 5.41) is 5.21. The van der Waals surface area contributed by atoms with Gasteiger partial charge in [-0.1, -0.05) is 78.4 Å². The van der Waals surface area contributed by atoms with Crippen LogP contribution in [0.15, 0.2) is 84.9 Å². The molecule has 0 aromatic heterocycles. The highest BCUT2D eigenvalue weighted by Gasteiger charge is 2.24. The number of amides is 2.